The molecule has 10 heteroatoms. The van der Waals surface area contributed by atoms with E-state index in [9.17, 15) is 17.2 Å². The minimum Gasteiger partial charge on any atom is -0.224 e. The predicted molar refractivity (Wildman–Crippen MR) is 98.3 cm³/mol. The maximum absolute atomic E-state index is 13.9. The lowest BCUT2D eigenvalue weighted by Gasteiger charge is -2.13. The molecule has 0 aliphatic rings. The molecule has 1 aromatic heterocycles. The van der Waals surface area contributed by atoms with Crippen molar-refractivity contribution >= 4 is 21.6 Å². The first kappa shape index (κ1) is 19.4. The van der Waals surface area contributed by atoms with Crippen LogP contribution in [-0.4, -0.2) is 34.9 Å². The predicted octanol–water partition coefficient (Wildman–Crippen LogP) is 3.34. The van der Waals surface area contributed by atoms with Crippen molar-refractivity contribution in [2.75, 3.05) is 6.26 Å². The van der Waals surface area contributed by atoms with Crippen molar-refractivity contribution in [3.63, 3.8) is 0 Å². The van der Waals surface area contributed by atoms with Crippen LogP contribution in [0.1, 0.15) is 23.6 Å². The topological polar surface area (TPSA) is 77.7 Å². The summed E-state index contributed by atoms with van der Waals surface area (Å²) in [6, 6.07) is 9.92. The van der Waals surface area contributed by atoms with Gasteiger partial charge in [-0.15, -0.1) is 16.9 Å². The molecule has 27 heavy (non-hydrogen) atoms. The van der Waals surface area contributed by atoms with Crippen LogP contribution < -0.4 is 0 Å². The number of halogens is 2. The molecule has 1 unspecified atom stereocenters. The second-order valence-corrected chi connectivity index (χ2v) is 9.21. The lowest BCUT2D eigenvalue weighted by Crippen LogP contribution is -2.05. The summed E-state index contributed by atoms with van der Waals surface area (Å²) < 4.78 is 52.4. The Hall–Kier alpha value is -2.33. The van der Waals surface area contributed by atoms with Crippen molar-refractivity contribution in [2.24, 2.45) is 0 Å². The third-order valence-electron chi connectivity index (χ3n) is 3.91. The highest BCUT2D eigenvalue weighted by Gasteiger charge is 2.18. The number of hydrogen-bond donors (Lipinski definition) is 0. The molecule has 3 aromatic rings. The van der Waals surface area contributed by atoms with Gasteiger partial charge in [0.1, 0.15) is 11.6 Å². The second kappa shape index (κ2) is 7.73. The van der Waals surface area contributed by atoms with Crippen LogP contribution in [0.25, 0.3) is 5.69 Å². The largest absolute Gasteiger partial charge is 0.224 e. The summed E-state index contributed by atoms with van der Waals surface area (Å²) in [5, 5.41) is 11.1. The standard InChI is InChI=1S/C17H16F2N4O2S2/c1-11(17-14(18)4-3-5-15(17)19)26-10-16-20-21-22-23(16)12-6-8-13(9-7-12)27(2,24)25/h3-9,11H,10H2,1-2H3. The Balaban J connectivity index is 1.78. The van der Waals surface area contributed by atoms with Crippen molar-refractivity contribution in [3.05, 3.63) is 65.5 Å². The van der Waals surface area contributed by atoms with Crippen molar-refractivity contribution < 1.29 is 17.2 Å². The Morgan fingerprint density at radius 1 is 1.11 bits per heavy atom. The monoisotopic (exact) mass is 410 g/mol. The van der Waals surface area contributed by atoms with E-state index >= 15 is 0 Å². The smallest absolute Gasteiger partial charge is 0.175 e. The van der Waals surface area contributed by atoms with Crippen LogP contribution in [0.3, 0.4) is 0 Å². The molecule has 0 spiro atoms. The number of thioether (sulfide) groups is 1. The lowest BCUT2D eigenvalue weighted by molar-refractivity contribution is 0.557. The van der Waals surface area contributed by atoms with Gasteiger partial charge in [0.15, 0.2) is 15.7 Å². The molecule has 142 valence electrons. The van der Waals surface area contributed by atoms with Gasteiger partial charge >= 0.3 is 0 Å². The van der Waals surface area contributed by atoms with Crippen LogP contribution in [-0.2, 0) is 15.6 Å². The van der Waals surface area contributed by atoms with E-state index in [1.54, 1.807) is 19.1 Å². The summed E-state index contributed by atoms with van der Waals surface area (Å²) in [5.74, 6) is -0.386. The Kier molecular flexibility index (Phi) is 5.56. The van der Waals surface area contributed by atoms with Crippen LogP contribution in [0.5, 0.6) is 0 Å². The maximum Gasteiger partial charge on any atom is 0.175 e. The number of benzene rings is 2. The molecule has 0 aliphatic carbocycles. The second-order valence-electron chi connectivity index (χ2n) is 5.86. The molecule has 0 amide bonds. The van der Waals surface area contributed by atoms with Gasteiger partial charge in [-0.2, -0.15) is 4.68 Å². The van der Waals surface area contributed by atoms with Crippen molar-refractivity contribution in [1.29, 1.82) is 0 Å². The zero-order valence-corrected chi connectivity index (χ0v) is 16.1. The highest BCUT2D eigenvalue weighted by molar-refractivity contribution is 7.98. The number of aromatic nitrogens is 4. The van der Waals surface area contributed by atoms with E-state index in [4.69, 9.17) is 0 Å². The van der Waals surface area contributed by atoms with Crippen molar-refractivity contribution in [2.45, 2.75) is 22.8 Å². The Bertz CT molecular complexity index is 1030. The third kappa shape index (κ3) is 4.33. The summed E-state index contributed by atoms with van der Waals surface area (Å²) in [4.78, 5) is 0.193. The summed E-state index contributed by atoms with van der Waals surface area (Å²) >= 11 is 1.29. The van der Waals surface area contributed by atoms with Gasteiger partial charge in [-0.05, 0) is 53.7 Å². The van der Waals surface area contributed by atoms with Gasteiger partial charge < -0.3 is 0 Å². The maximum atomic E-state index is 13.9. The molecule has 3 rings (SSSR count). The quantitative estimate of drug-likeness (QED) is 0.620. The molecular weight excluding hydrogens is 394 g/mol. The zero-order chi connectivity index (χ0) is 19.6. The Morgan fingerprint density at radius 3 is 2.33 bits per heavy atom. The molecular formula is C17H16F2N4O2S2. The minimum absolute atomic E-state index is 0.0130. The molecule has 0 fully saturated rings. The fourth-order valence-electron chi connectivity index (χ4n) is 2.51. The number of hydrogen-bond acceptors (Lipinski definition) is 6. The van der Waals surface area contributed by atoms with E-state index in [1.165, 1.54) is 46.8 Å². The highest BCUT2D eigenvalue weighted by atomic mass is 32.2. The molecule has 0 N–H and O–H groups in total. The van der Waals surface area contributed by atoms with Gasteiger partial charge in [0.25, 0.3) is 0 Å². The number of nitrogens with zero attached hydrogens (tertiary/aromatic N) is 4. The Morgan fingerprint density at radius 2 is 1.74 bits per heavy atom. The summed E-state index contributed by atoms with van der Waals surface area (Å²) in [5.41, 5.74) is 0.603. The average Bonchev–Trinajstić information content (AvgIpc) is 3.08. The molecule has 2 aromatic carbocycles. The molecule has 1 heterocycles. The third-order valence-corrected chi connectivity index (χ3v) is 6.20. The number of rotatable bonds is 6. The minimum atomic E-state index is -3.29. The van der Waals surface area contributed by atoms with Gasteiger partial charge in [0.2, 0.25) is 0 Å². The van der Waals surface area contributed by atoms with Gasteiger partial charge in [0.05, 0.1) is 16.3 Å². The summed E-state index contributed by atoms with van der Waals surface area (Å²) in [7, 11) is -3.29. The van der Waals surface area contributed by atoms with Gasteiger partial charge in [0, 0.05) is 17.1 Å². The summed E-state index contributed by atoms with van der Waals surface area (Å²) in [6.45, 7) is 1.71. The molecule has 0 saturated carbocycles. The molecule has 0 radical (unpaired) electrons. The average molecular weight is 410 g/mol. The van der Waals surface area contributed by atoms with E-state index in [2.05, 4.69) is 15.5 Å². The highest BCUT2D eigenvalue weighted by Crippen LogP contribution is 2.34. The van der Waals surface area contributed by atoms with Gasteiger partial charge in [-0.25, -0.2) is 17.2 Å². The lowest BCUT2D eigenvalue weighted by atomic mass is 10.1. The van der Waals surface area contributed by atoms with Gasteiger partial charge in [-0.1, -0.05) is 6.07 Å². The Labute approximate surface area is 159 Å². The number of tetrazole rings is 1. The normalized spacial score (nSPS) is 12.9. The van der Waals surface area contributed by atoms with Crippen molar-refractivity contribution in [1.82, 2.24) is 20.2 Å². The first-order valence-electron chi connectivity index (χ1n) is 7.90. The fourth-order valence-corrected chi connectivity index (χ4v) is 4.11. The first-order chi connectivity index (χ1) is 12.8. The molecule has 1 atom stereocenters. The van der Waals surface area contributed by atoms with Crippen LogP contribution in [0, 0.1) is 11.6 Å². The van der Waals surface area contributed by atoms with E-state index in [1.807, 2.05) is 0 Å². The molecule has 6 nitrogen and oxygen atoms in total. The first-order valence-corrected chi connectivity index (χ1v) is 10.8. The van der Waals surface area contributed by atoms with E-state index in [0.29, 0.717) is 17.3 Å². The van der Waals surface area contributed by atoms with Crippen LogP contribution >= 0.6 is 11.8 Å². The molecule has 0 bridgehead atoms. The van der Waals surface area contributed by atoms with E-state index < -0.39 is 26.7 Å². The zero-order valence-electron chi connectivity index (χ0n) is 14.5. The number of sulfone groups is 1. The van der Waals surface area contributed by atoms with E-state index in [-0.39, 0.29) is 10.5 Å². The van der Waals surface area contributed by atoms with Crippen LogP contribution in [0.2, 0.25) is 0 Å². The van der Waals surface area contributed by atoms with Crippen molar-refractivity contribution in [3.8, 4) is 5.69 Å². The SMILES string of the molecule is CC(SCc1nnnn1-c1ccc(S(C)(=O)=O)cc1)c1c(F)cccc1F. The van der Waals surface area contributed by atoms with E-state index in [0.717, 1.165) is 6.26 Å². The molecule has 0 aliphatic heterocycles. The van der Waals surface area contributed by atoms with Gasteiger partial charge in [-0.3, -0.25) is 0 Å². The molecule has 0 saturated heterocycles. The van der Waals surface area contributed by atoms with Crippen LogP contribution in [0.15, 0.2) is 47.4 Å². The summed E-state index contributed by atoms with van der Waals surface area (Å²) in [6.07, 6.45) is 1.13. The van der Waals surface area contributed by atoms with Crippen LogP contribution in [0.4, 0.5) is 8.78 Å². The fraction of sp³-hybridized carbons (Fsp3) is 0.235.